The summed E-state index contributed by atoms with van der Waals surface area (Å²) in [4.78, 5) is 14.2. The molecular weight excluding hydrogens is 212 g/mol. The van der Waals surface area contributed by atoms with Gasteiger partial charge in [0.15, 0.2) is 0 Å². The van der Waals surface area contributed by atoms with Crippen molar-refractivity contribution in [1.82, 2.24) is 5.01 Å². The first-order valence-corrected chi connectivity index (χ1v) is 4.88. The van der Waals surface area contributed by atoms with Gasteiger partial charge in [0.2, 0.25) is 0 Å². The van der Waals surface area contributed by atoms with E-state index in [1.165, 1.54) is 7.11 Å². The second-order valence-electron chi connectivity index (χ2n) is 4.31. The molecule has 7 nitrogen and oxygen atoms in total. The smallest absolute Gasteiger partial charge is 0.425 e. The fraction of sp³-hybridized carbons (Fsp3) is 0.889. The van der Waals surface area contributed by atoms with Gasteiger partial charge in [-0.15, -0.1) is 10.5 Å². The van der Waals surface area contributed by atoms with Crippen molar-refractivity contribution < 1.29 is 14.3 Å². The number of amides is 1. The summed E-state index contributed by atoms with van der Waals surface area (Å²) in [5.74, 6) is 0. The van der Waals surface area contributed by atoms with E-state index in [2.05, 4.69) is 10.1 Å². The Kier molecular flexibility index (Phi) is 5.63. The van der Waals surface area contributed by atoms with Crippen LogP contribution in [-0.2, 0) is 9.47 Å². The first-order valence-electron chi connectivity index (χ1n) is 4.88. The van der Waals surface area contributed by atoms with Crippen LogP contribution in [0.15, 0.2) is 5.22 Å². The lowest BCUT2D eigenvalue weighted by Crippen LogP contribution is -2.40. The number of hydrogen-bond donors (Lipinski definition) is 0. The van der Waals surface area contributed by atoms with Crippen LogP contribution < -0.4 is 0 Å². The summed E-state index contributed by atoms with van der Waals surface area (Å²) in [7, 11) is 1.50. The molecule has 0 aromatic heterocycles. The minimum atomic E-state index is -0.685. The number of carbonyl (C=O) groups is 1. The molecule has 92 valence electrons. The van der Waals surface area contributed by atoms with E-state index in [-0.39, 0.29) is 12.6 Å². The van der Waals surface area contributed by atoms with Gasteiger partial charge in [0.1, 0.15) is 11.6 Å². The zero-order valence-electron chi connectivity index (χ0n) is 10.3. The second-order valence-corrected chi connectivity index (χ2v) is 4.31. The zero-order valence-corrected chi connectivity index (χ0v) is 10.3. The average molecular weight is 230 g/mol. The molecule has 0 aromatic rings. The molecular formula is C9H18N4O3. The average Bonchev–Trinajstić information content (AvgIpc) is 2.11. The molecule has 0 saturated carbocycles. The van der Waals surface area contributed by atoms with Crippen molar-refractivity contribution in [3.63, 3.8) is 0 Å². The van der Waals surface area contributed by atoms with Crippen LogP contribution in [0.3, 0.4) is 0 Å². The summed E-state index contributed by atoms with van der Waals surface area (Å²) in [5.41, 5.74) is 7.74. The molecule has 0 aliphatic rings. The van der Waals surface area contributed by atoms with Gasteiger partial charge in [-0.2, -0.15) is 9.71 Å². The zero-order chi connectivity index (χ0) is 12.8. The molecule has 0 heterocycles. The van der Waals surface area contributed by atoms with E-state index in [1.54, 1.807) is 27.7 Å². The van der Waals surface area contributed by atoms with E-state index >= 15 is 0 Å². The summed E-state index contributed by atoms with van der Waals surface area (Å²) in [5, 5.41) is 4.21. The third-order valence-electron chi connectivity index (χ3n) is 1.54. The second kappa shape index (κ2) is 6.19. The molecule has 0 aromatic carbocycles. The van der Waals surface area contributed by atoms with Crippen LogP contribution in [0.25, 0.3) is 10.4 Å². The number of methoxy groups -OCH3 is 1. The lowest BCUT2D eigenvalue weighted by Gasteiger charge is -2.23. The van der Waals surface area contributed by atoms with Gasteiger partial charge in [-0.3, -0.25) is 0 Å². The maximum Gasteiger partial charge on any atom is 0.511 e. The molecule has 0 bridgehead atoms. The lowest BCUT2D eigenvalue weighted by molar-refractivity contribution is 0.00840. The Morgan fingerprint density at radius 2 is 2.12 bits per heavy atom. The fourth-order valence-corrected chi connectivity index (χ4v) is 0.968. The van der Waals surface area contributed by atoms with Crippen molar-refractivity contribution in [2.45, 2.75) is 39.3 Å². The molecule has 0 N–H and O–H groups in total. The number of nitrogens with zero attached hydrogens (tertiary/aromatic N) is 4. The number of ether oxygens (including phenoxy) is 2. The van der Waals surface area contributed by atoms with Gasteiger partial charge >= 0.3 is 6.09 Å². The Morgan fingerprint density at radius 3 is 2.50 bits per heavy atom. The third-order valence-corrected chi connectivity index (χ3v) is 1.54. The number of carbonyl (C=O) groups excluding carboxylic acids is 1. The lowest BCUT2D eigenvalue weighted by atomic mass is 10.2. The van der Waals surface area contributed by atoms with E-state index in [4.69, 9.17) is 15.0 Å². The maximum absolute atomic E-state index is 11.6. The van der Waals surface area contributed by atoms with Gasteiger partial charge in [-0.1, -0.05) is 0 Å². The monoisotopic (exact) mass is 230 g/mol. The molecule has 0 spiro atoms. The van der Waals surface area contributed by atoms with E-state index in [9.17, 15) is 4.79 Å². The van der Waals surface area contributed by atoms with Crippen molar-refractivity contribution in [2.24, 2.45) is 5.22 Å². The first-order chi connectivity index (χ1) is 7.31. The van der Waals surface area contributed by atoms with Gasteiger partial charge in [0, 0.05) is 7.11 Å². The van der Waals surface area contributed by atoms with Crippen molar-refractivity contribution in [2.75, 3.05) is 13.7 Å². The van der Waals surface area contributed by atoms with Crippen molar-refractivity contribution in [3.8, 4) is 0 Å². The molecule has 0 rings (SSSR count). The highest BCUT2D eigenvalue weighted by Crippen LogP contribution is 2.12. The summed E-state index contributed by atoms with van der Waals surface area (Å²) < 4.78 is 9.96. The van der Waals surface area contributed by atoms with Gasteiger partial charge in [-0.05, 0) is 32.9 Å². The van der Waals surface area contributed by atoms with Crippen LogP contribution in [-0.4, -0.2) is 36.5 Å². The maximum atomic E-state index is 11.6. The van der Waals surface area contributed by atoms with E-state index in [0.29, 0.717) is 0 Å². The van der Waals surface area contributed by atoms with Gasteiger partial charge in [0.05, 0.1) is 6.61 Å². The van der Waals surface area contributed by atoms with Gasteiger partial charge in [-0.25, -0.2) is 0 Å². The SMILES string of the molecule is COCC(C)N(N=[N+]=[N-])C(=O)OC(C)(C)C. The Bertz CT molecular complexity index is 281. The minimum absolute atomic E-state index is 0.262. The molecule has 0 aliphatic carbocycles. The third kappa shape index (κ3) is 5.43. The van der Waals surface area contributed by atoms with E-state index in [0.717, 1.165) is 5.01 Å². The van der Waals surface area contributed by atoms with E-state index in [1.807, 2.05) is 0 Å². The normalized spacial score (nSPS) is 12.6. The van der Waals surface area contributed by atoms with Crippen LogP contribution in [0.1, 0.15) is 27.7 Å². The van der Waals surface area contributed by atoms with Gasteiger partial charge < -0.3 is 9.47 Å². The van der Waals surface area contributed by atoms with Crippen LogP contribution in [0.2, 0.25) is 0 Å². The van der Waals surface area contributed by atoms with Crippen molar-refractivity contribution in [3.05, 3.63) is 10.4 Å². The molecule has 1 amide bonds. The number of rotatable bonds is 4. The molecule has 1 unspecified atom stereocenters. The molecule has 7 heteroatoms. The highest BCUT2D eigenvalue weighted by Gasteiger charge is 2.29. The number of azide groups is 1. The first kappa shape index (κ1) is 14.5. The minimum Gasteiger partial charge on any atom is -0.425 e. The Morgan fingerprint density at radius 1 is 1.56 bits per heavy atom. The molecule has 16 heavy (non-hydrogen) atoms. The van der Waals surface area contributed by atoms with Crippen LogP contribution >= 0.6 is 0 Å². The molecule has 0 radical (unpaired) electrons. The molecule has 1 atom stereocenters. The van der Waals surface area contributed by atoms with Crippen LogP contribution in [0.5, 0.6) is 0 Å². The summed E-state index contributed by atoms with van der Waals surface area (Å²) in [6.45, 7) is 7.17. The molecule has 0 fully saturated rings. The van der Waals surface area contributed by atoms with E-state index < -0.39 is 11.7 Å². The predicted molar refractivity (Wildman–Crippen MR) is 58.6 cm³/mol. The largest absolute Gasteiger partial charge is 0.511 e. The molecule has 0 aliphatic heterocycles. The summed E-state index contributed by atoms with van der Waals surface area (Å²) in [6, 6.07) is -0.379. The Hall–Kier alpha value is -1.46. The highest BCUT2D eigenvalue weighted by molar-refractivity contribution is 5.68. The Balaban J connectivity index is 4.65. The standard InChI is InChI=1S/C9H18N4O3/c1-7(6-15-5)13(12-11-10)8(14)16-9(2,3)4/h7H,6H2,1-5H3. The Labute approximate surface area is 94.9 Å². The van der Waals surface area contributed by atoms with Crippen LogP contribution in [0, 0.1) is 0 Å². The van der Waals surface area contributed by atoms with Gasteiger partial charge in [0.25, 0.3) is 0 Å². The highest BCUT2D eigenvalue weighted by atomic mass is 16.6. The quantitative estimate of drug-likeness (QED) is 0.321. The predicted octanol–water partition coefficient (Wildman–Crippen LogP) is 2.48. The summed E-state index contributed by atoms with van der Waals surface area (Å²) in [6.07, 6.45) is -0.685. The topological polar surface area (TPSA) is 87.5 Å². The fourth-order valence-electron chi connectivity index (χ4n) is 0.968. The van der Waals surface area contributed by atoms with Crippen LogP contribution in [0.4, 0.5) is 4.79 Å². The number of hydrogen-bond acceptors (Lipinski definition) is 4. The van der Waals surface area contributed by atoms with Crippen molar-refractivity contribution in [1.29, 1.82) is 0 Å². The summed E-state index contributed by atoms with van der Waals surface area (Å²) >= 11 is 0. The molecule has 0 saturated heterocycles. The van der Waals surface area contributed by atoms with Crippen molar-refractivity contribution >= 4 is 6.09 Å².